The zero-order valence-corrected chi connectivity index (χ0v) is 17.1. The third-order valence-electron chi connectivity index (χ3n) is 1.24. The van der Waals surface area contributed by atoms with Crippen LogP contribution >= 0.6 is 0 Å². The van der Waals surface area contributed by atoms with E-state index in [4.69, 9.17) is 15.3 Å². The Morgan fingerprint density at radius 3 is 0.682 bits per heavy atom. The number of ketones is 3. The van der Waals surface area contributed by atoms with E-state index < -0.39 is 0 Å². The molecule has 0 rings (SSSR count). The van der Waals surface area contributed by atoms with Crippen LogP contribution in [0.2, 0.25) is 0 Å². The van der Waals surface area contributed by atoms with Gasteiger partial charge in [-0.05, 0) is 41.5 Å². The van der Waals surface area contributed by atoms with Crippen LogP contribution in [0, 0.1) is 29.2 Å². The Morgan fingerprint density at radius 1 is 0.545 bits per heavy atom. The minimum atomic E-state index is -0.125. The van der Waals surface area contributed by atoms with Gasteiger partial charge >= 0.3 is 0 Å². The van der Waals surface area contributed by atoms with Gasteiger partial charge in [-0.1, -0.05) is 0 Å². The van der Waals surface area contributed by atoms with E-state index in [0.29, 0.717) is 0 Å². The third kappa shape index (κ3) is 51.3. The fraction of sp³-hybridized carbons (Fsp3) is 0.400. The van der Waals surface area contributed by atoms with E-state index in [2.05, 4.69) is 0 Å². The number of aliphatic hydroxyl groups excluding tert-OH is 3. The average molecular weight is 544 g/mol. The molecule has 0 heterocycles. The molecule has 0 aliphatic carbocycles. The molecule has 0 saturated carbocycles. The van der Waals surface area contributed by atoms with Crippen molar-refractivity contribution in [3.05, 3.63) is 35.5 Å². The molecule has 0 radical (unpaired) electrons. The Bertz CT molecular complexity index is 368. The van der Waals surface area contributed by atoms with Crippen LogP contribution in [-0.2, 0) is 14.4 Å². The van der Waals surface area contributed by atoms with Crippen LogP contribution in [0.3, 0.4) is 0 Å². The predicted octanol–water partition coefficient (Wildman–Crippen LogP) is 3.11. The van der Waals surface area contributed by atoms with Crippen LogP contribution in [0.1, 0.15) is 41.5 Å². The SMILES string of the molecule is CC(=O)/C=C(\C)O.CC(=O)/C=C(\C)O.CC(=O)/C=C(\C)O.[Pu]. The quantitative estimate of drug-likeness (QED) is 0.372. The number of carbonyl (C=O) groups excluding carboxylic acids is 3. The molecule has 0 fully saturated rings. The van der Waals surface area contributed by atoms with Crippen molar-refractivity contribution in [2.75, 3.05) is 0 Å². The maximum Gasteiger partial charge on any atom is 0.155 e. The summed E-state index contributed by atoms with van der Waals surface area (Å²) in [4.78, 5) is 30.1. The van der Waals surface area contributed by atoms with Crippen molar-refractivity contribution in [3.8, 4) is 0 Å². The van der Waals surface area contributed by atoms with E-state index in [1.165, 1.54) is 59.8 Å². The largest absolute Gasteiger partial charge is 0.512 e. The first-order valence-corrected chi connectivity index (χ1v) is 6.02. The Hall–Kier alpha value is -1.38. The number of rotatable bonds is 3. The summed E-state index contributed by atoms with van der Waals surface area (Å²) in [6, 6.07) is 0. The molecule has 7 heteroatoms. The van der Waals surface area contributed by atoms with Crippen LogP contribution in [0.5, 0.6) is 0 Å². The fourth-order valence-corrected chi connectivity index (χ4v) is 0.882. The second-order valence-corrected chi connectivity index (χ2v) is 4.19. The Morgan fingerprint density at radius 2 is 0.682 bits per heavy atom. The van der Waals surface area contributed by atoms with Gasteiger partial charge in [0.25, 0.3) is 0 Å². The van der Waals surface area contributed by atoms with Crippen molar-refractivity contribution < 1.29 is 58.9 Å². The van der Waals surface area contributed by atoms with Crippen LogP contribution in [0.15, 0.2) is 35.5 Å². The molecule has 0 spiro atoms. The van der Waals surface area contributed by atoms with Gasteiger partial charge in [0, 0.05) is 47.4 Å². The summed E-state index contributed by atoms with van der Waals surface area (Å²) in [6.45, 7) is 8.54. The topological polar surface area (TPSA) is 112 Å². The first-order valence-electron chi connectivity index (χ1n) is 6.02. The van der Waals surface area contributed by atoms with E-state index >= 15 is 0 Å². The van der Waals surface area contributed by atoms with Crippen LogP contribution in [-0.4, -0.2) is 32.7 Å². The Labute approximate surface area is 153 Å². The molecule has 6 nitrogen and oxygen atoms in total. The van der Waals surface area contributed by atoms with Gasteiger partial charge < -0.3 is 15.3 Å². The van der Waals surface area contributed by atoms with Crippen LogP contribution < -0.4 is 0 Å². The van der Waals surface area contributed by atoms with Crippen LogP contribution in [0.4, 0.5) is 0 Å². The summed E-state index contributed by atoms with van der Waals surface area (Å²) in [5.41, 5.74) is 0. The van der Waals surface area contributed by atoms with Crippen molar-refractivity contribution in [1.82, 2.24) is 0 Å². The van der Waals surface area contributed by atoms with Crippen molar-refractivity contribution in [1.29, 1.82) is 0 Å². The van der Waals surface area contributed by atoms with Gasteiger partial charge in [-0.3, -0.25) is 14.4 Å². The third-order valence-corrected chi connectivity index (χ3v) is 1.24. The second kappa shape index (κ2) is 17.7. The molecule has 0 aromatic rings. The monoisotopic (exact) mass is 538 g/mol. The van der Waals surface area contributed by atoms with Gasteiger partial charge in [0.05, 0.1) is 17.3 Å². The molecule has 0 aliphatic rings. The normalized spacial score (nSPS) is 10.9. The molecule has 0 aliphatic heterocycles. The van der Waals surface area contributed by atoms with Gasteiger partial charge in [-0.25, -0.2) is 0 Å². The molecule has 0 saturated heterocycles. The average Bonchev–Trinajstić information content (AvgIpc) is 2.10. The van der Waals surface area contributed by atoms with E-state index in [1.807, 2.05) is 0 Å². The number of carbonyl (C=O) groups is 3. The summed E-state index contributed by atoms with van der Waals surface area (Å²) in [6.07, 6.45) is 3.50. The number of hydrogen-bond acceptors (Lipinski definition) is 6. The standard InChI is InChI=1S/3C5H8O2.Pu/c3*1-4(6)3-5(2)7;/h3*3,6H,1-2H3;/b3*4-3+;. The van der Waals surface area contributed by atoms with Gasteiger partial charge in [-0.15, -0.1) is 0 Å². The zero-order valence-electron chi connectivity index (χ0n) is 13.7. The molecular formula is C15H24O6Pu. The molecule has 0 bridgehead atoms. The van der Waals surface area contributed by atoms with Crippen molar-refractivity contribution >= 4 is 17.3 Å². The van der Waals surface area contributed by atoms with Gasteiger partial charge in [0.1, 0.15) is 0 Å². The molecular weight excluding hydrogens is 520 g/mol. The molecule has 3 N–H and O–H groups in total. The minimum absolute atomic E-state index is 0. The van der Waals surface area contributed by atoms with E-state index in [0.717, 1.165) is 0 Å². The van der Waals surface area contributed by atoms with Crippen molar-refractivity contribution in [3.63, 3.8) is 0 Å². The number of hydrogen-bond donors (Lipinski definition) is 3. The van der Waals surface area contributed by atoms with Crippen molar-refractivity contribution in [2.24, 2.45) is 0 Å². The fourth-order valence-electron chi connectivity index (χ4n) is 0.882. The smallest absolute Gasteiger partial charge is 0.155 e. The van der Waals surface area contributed by atoms with Gasteiger partial charge in [0.2, 0.25) is 0 Å². The molecule has 0 amide bonds. The molecule has 0 aromatic carbocycles. The molecule has 0 unspecified atom stereocenters. The molecule has 0 atom stereocenters. The van der Waals surface area contributed by atoms with E-state index in [1.54, 1.807) is 0 Å². The minimum Gasteiger partial charge on any atom is -0.512 e. The summed E-state index contributed by atoms with van der Waals surface area (Å²) in [5.74, 6) is -0.187. The maximum absolute atomic E-state index is 10.0. The number of allylic oxidation sites excluding steroid dienone is 6. The van der Waals surface area contributed by atoms with Gasteiger partial charge in [0.15, 0.2) is 17.3 Å². The Kier molecular flexibility index (Phi) is 23.1. The first kappa shape index (κ1) is 28.7. The van der Waals surface area contributed by atoms with E-state index in [-0.39, 0.29) is 63.8 Å². The maximum atomic E-state index is 10.0. The molecule has 0 aromatic heterocycles. The molecule has 126 valence electrons. The summed E-state index contributed by atoms with van der Waals surface area (Å²) in [7, 11) is 0. The zero-order chi connectivity index (χ0) is 17.6. The number of aliphatic hydroxyl groups is 3. The predicted molar refractivity (Wildman–Crippen MR) is 81.2 cm³/mol. The Balaban J connectivity index is -0.000000108. The van der Waals surface area contributed by atoms with Gasteiger partial charge in [-0.2, -0.15) is 0 Å². The first-order chi connectivity index (χ1) is 9.38. The molecule has 22 heavy (non-hydrogen) atoms. The van der Waals surface area contributed by atoms with Crippen molar-refractivity contribution in [2.45, 2.75) is 41.5 Å². The van der Waals surface area contributed by atoms with Crippen LogP contribution in [0.25, 0.3) is 0 Å². The summed E-state index contributed by atoms with van der Waals surface area (Å²) in [5, 5.41) is 25.1. The summed E-state index contributed by atoms with van der Waals surface area (Å²) < 4.78 is 0. The summed E-state index contributed by atoms with van der Waals surface area (Å²) >= 11 is 0. The second-order valence-electron chi connectivity index (χ2n) is 4.19. The van der Waals surface area contributed by atoms with E-state index in [9.17, 15) is 14.4 Å².